The van der Waals surface area contributed by atoms with Crippen molar-refractivity contribution in [2.75, 3.05) is 0 Å². The van der Waals surface area contributed by atoms with Crippen molar-refractivity contribution in [2.45, 2.75) is 26.9 Å². The van der Waals surface area contributed by atoms with E-state index in [1.165, 1.54) is 0 Å². The maximum absolute atomic E-state index is 6.15. The predicted octanol–water partition coefficient (Wildman–Crippen LogP) is 2.44. The van der Waals surface area contributed by atoms with Gasteiger partial charge in [-0.15, -0.1) is 11.3 Å². The second-order valence-corrected chi connectivity index (χ2v) is 5.36. The molecule has 4 nitrogen and oxygen atoms in total. The SMILES string of the molecule is Cc1nc(CNCc2c(C)nn(C)c2Cl)cs1. The van der Waals surface area contributed by atoms with E-state index in [9.17, 15) is 0 Å². The number of thiazole rings is 1. The number of nitrogens with zero attached hydrogens (tertiary/aromatic N) is 3. The second-order valence-electron chi connectivity index (χ2n) is 3.94. The molecule has 17 heavy (non-hydrogen) atoms. The lowest BCUT2D eigenvalue weighted by molar-refractivity contribution is 0.679. The third kappa shape index (κ3) is 2.86. The zero-order valence-electron chi connectivity index (χ0n) is 10.1. The molecule has 2 aromatic rings. The van der Waals surface area contributed by atoms with Crippen molar-refractivity contribution in [3.8, 4) is 0 Å². The average molecular weight is 271 g/mol. The van der Waals surface area contributed by atoms with Gasteiger partial charge in [0.25, 0.3) is 0 Å². The van der Waals surface area contributed by atoms with Crippen molar-refractivity contribution >= 4 is 22.9 Å². The smallest absolute Gasteiger partial charge is 0.131 e. The summed E-state index contributed by atoms with van der Waals surface area (Å²) in [5.41, 5.74) is 3.10. The molecule has 0 radical (unpaired) electrons. The molecule has 0 aromatic carbocycles. The number of hydrogen-bond acceptors (Lipinski definition) is 4. The Bertz CT molecular complexity index is 518. The zero-order chi connectivity index (χ0) is 12.4. The van der Waals surface area contributed by atoms with E-state index in [1.807, 2.05) is 20.9 Å². The highest BCUT2D eigenvalue weighted by molar-refractivity contribution is 7.09. The second kappa shape index (κ2) is 5.16. The van der Waals surface area contributed by atoms with Crippen molar-refractivity contribution in [3.05, 3.63) is 32.5 Å². The van der Waals surface area contributed by atoms with Gasteiger partial charge in [-0.1, -0.05) is 11.6 Å². The Kier molecular flexibility index (Phi) is 3.81. The maximum Gasteiger partial charge on any atom is 0.131 e. The Labute approximate surface area is 110 Å². The van der Waals surface area contributed by atoms with Crippen LogP contribution in [0.1, 0.15) is 22.0 Å². The van der Waals surface area contributed by atoms with Gasteiger partial charge in [0.15, 0.2) is 0 Å². The van der Waals surface area contributed by atoms with Crippen molar-refractivity contribution in [3.63, 3.8) is 0 Å². The number of aromatic nitrogens is 3. The molecule has 0 aliphatic carbocycles. The highest BCUT2D eigenvalue weighted by Gasteiger charge is 2.10. The van der Waals surface area contributed by atoms with Gasteiger partial charge in [0, 0.05) is 31.1 Å². The summed E-state index contributed by atoms with van der Waals surface area (Å²) in [6, 6.07) is 0. The molecule has 0 amide bonds. The lowest BCUT2D eigenvalue weighted by Crippen LogP contribution is -2.13. The molecule has 2 rings (SSSR count). The Balaban J connectivity index is 1.94. The predicted molar refractivity (Wildman–Crippen MR) is 70.3 cm³/mol. The Morgan fingerprint density at radius 1 is 1.41 bits per heavy atom. The largest absolute Gasteiger partial charge is 0.307 e. The zero-order valence-corrected chi connectivity index (χ0v) is 11.7. The Hall–Kier alpha value is -0.910. The molecule has 0 fully saturated rings. The van der Waals surface area contributed by atoms with Crippen LogP contribution in [0, 0.1) is 13.8 Å². The van der Waals surface area contributed by atoms with Crippen molar-refractivity contribution in [2.24, 2.45) is 7.05 Å². The number of halogens is 1. The van der Waals surface area contributed by atoms with Crippen LogP contribution >= 0.6 is 22.9 Å². The molecular weight excluding hydrogens is 256 g/mol. The lowest BCUT2D eigenvalue weighted by Gasteiger charge is -2.02. The topological polar surface area (TPSA) is 42.7 Å². The fourth-order valence-electron chi connectivity index (χ4n) is 1.68. The lowest BCUT2D eigenvalue weighted by atomic mass is 10.2. The first-order valence-corrected chi connectivity index (χ1v) is 6.63. The fraction of sp³-hybridized carbons (Fsp3) is 0.455. The van der Waals surface area contributed by atoms with E-state index >= 15 is 0 Å². The molecule has 0 spiro atoms. The van der Waals surface area contributed by atoms with Crippen LogP contribution in [-0.4, -0.2) is 14.8 Å². The van der Waals surface area contributed by atoms with Crippen LogP contribution in [0.4, 0.5) is 0 Å². The normalized spacial score (nSPS) is 11.1. The van der Waals surface area contributed by atoms with Crippen molar-refractivity contribution in [1.29, 1.82) is 0 Å². The van der Waals surface area contributed by atoms with Gasteiger partial charge in [-0.25, -0.2) is 4.98 Å². The van der Waals surface area contributed by atoms with Crippen LogP contribution in [0.3, 0.4) is 0 Å². The molecule has 2 heterocycles. The van der Waals surface area contributed by atoms with Crippen LogP contribution in [0.25, 0.3) is 0 Å². The monoisotopic (exact) mass is 270 g/mol. The van der Waals surface area contributed by atoms with Gasteiger partial charge in [-0.2, -0.15) is 5.10 Å². The van der Waals surface area contributed by atoms with Gasteiger partial charge in [0.1, 0.15) is 5.15 Å². The molecule has 2 aromatic heterocycles. The molecule has 0 saturated carbocycles. The molecule has 0 unspecified atom stereocenters. The number of hydrogen-bond donors (Lipinski definition) is 1. The summed E-state index contributed by atoms with van der Waals surface area (Å²) in [4.78, 5) is 4.39. The first-order chi connectivity index (χ1) is 8.08. The Morgan fingerprint density at radius 2 is 2.18 bits per heavy atom. The fourth-order valence-corrected chi connectivity index (χ4v) is 2.53. The van der Waals surface area contributed by atoms with Gasteiger partial charge >= 0.3 is 0 Å². The first kappa shape index (κ1) is 12.5. The van der Waals surface area contributed by atoms with Crippen LogP contribution in [0.5, 0.6) is 0 Å². The molecule has 6 heteroatoms. The van der Waals surface area contributed by atoms with Crippen molar-refractivity contribution < 1.29 is 0 Å². The molecular formula is C11H15ClN4S. The van der Waals surface area contributed by atoms with Gasteiger partial charge in [-0.3, -0.25) is 4.68 Å². The summed E-state index contributed by atoms with van der Waals surface area (Å²) in [7, 11) is 1.85. The van der Waals surface area contributed by atoms with E-state index in [0.717, 1.165) is 35.0 Å². The van der Waals surface area contributed by atoms with Gasteiger partial charge in [-0.05, 0) is 13.8 Å². The third-order valence-electron chi connectivity index (χ3n) is 2.54. The number of rotatable bonds is 4. The van der Waals surface area contributed by atoms with Gasteiger partial charge in [0.05, 0.1) is 16.4 Å². The first-order valence-electron chi connectivity index (χ1n) is 5.37. The molecule has 92 valence electrons. The van der Waals surface area contributed by atoms with E-state index in [0.29, 0.717) is 5.15 Å². The van der Waals surface area contributed by atoms with Crippen molar-refractivity contribution in [1.82, 2.24) is 20.1 Å². The van der Waals surface area contributed by atoms with E-state index in [4.69, 9.17) is 11.6 Å². The van der Waals surface area contributed by atoms with E-state index in [2.05, 4.69) is 20.8 Å². The molecule has 0 aliphatic rings. The number of aryl methyl sites for hydroxylation is 3. The van der Waals surface area contributed by atoms with E-state index < -0.39 is 0 Å². The highest BCUT2D eigenvalue weighted by Crippen LogP contribution is 2.18. The number of nitrogens with one attached hydrogen (secondary N) is 1. The van der Waals surface area contributed by atoms with Crippen LogP contribution in [-0.2, 0) is 20.1 Å². The quantitative estimate of drug-likeness (QED) is 0.928. The molecule has 0 atom stereocenters. The van der Waals surface area contributed by atoms with Crippen LogP contribution in [0.2, 0.25) is 5.15 Å². The standard InChI is InChI=1S/C11H15ClN4S/c1-7-10(11(12)16(3)15-7)5-13-4-9-6-17-8(2)14-9/h6,13H,4-5H2,1-3H3. The molecule has 0 aliphatic heterocycles. The summed E-state index contributed by atoms with van der Waals surface area (Å²) >= 11 is 7.81. The average Bonchev–Trinajstić information content (AvgIpc) is 2.78. The summed E-state index contributed by atoms with van der Waals surface area (Å²) in [6.45, 7) is 5.45. The van der Waals surface area contributed by atoms with E-state index in [-0.39, 0.29) is 0 Å². The molecule has 0 saturated heterocycles. The van der Waals surface area contributed by atoms with Crippen LogP contribution < -0.4 is 5.32 Å². The van der Waals surface area contributed by atoms with E-state index in [1.54, 1.807) is 16.0 Å². The molecule has 0 bridgehead atoms. The maximum atomic E-state index is 6.15. The van der Waals surface area contributed by atoms with Gasteiger partial charge < -0.3 is 5.32 Å². The minimum atomic E-state index is 0.699. The summed E-state index contributed by atoms with van der Waals surface area (Å²) < 4.78 is 1.70. The minimum Gasteiger partial charge on any atom is -0.307 e. The van der Waals surface area contributed by atoms with Crippen LogP contribution in [0.15, 0.2) is 5.38 Å². The summed E-state index contributed by atoms with van der Waals surface area (Å²) in [6.07, 6.45) is 0. The molecule has 1 N–H and O–H groups in total. The minimum absolute atomic E-state index is 0.699. The van der Waals surface area contributed by atoms with Gasteiger partial charge in [0.2, 0.25) is 0 Å². The highest BCUT2D eigenvalue weighted by atomic mass is 35.5. The summed E-state index contributed by atoms with van der Waals surface area (Å²) in [5, 5.41) is 11.5. The Morgan fingerprint density at radius 3 is 2.71 bits per heavy atom. The third-order valence-corrected chi connectivity index (χ3v) is 3.84. The summed E-state index contributed by atoms with van der Waals surface area (Å²) in [5.74, 6) is 0.